The second kappa shape index (κ2) is 6.50. The molecule has 0 bridgehead atoms. The molecule has 1 unspecified atom stereocenters. The Labute approximate surface area is 125 Å². The van der Waals surface area contributed by atoms with Gasteiger partial charge in [0.2, 0.25) is 0 Å². The van der Waals surface area contributed by atoms with Gasteiger partial charge in [0.05, 0.1) is 5.52 Å². The summed E-state index contributed by atoms with van der Waals surface area (Å²) < 4.78 is 13.8. The molecular formula is C17H22FN3. The normalized spacial score (nSPS) is 19.9. The zero-order valence-corrected chi connectivity index (χ0v) is 12.5. The van der Waals surface area contributed by atoms with Crippen molar-refractivity contribution in [3.05, 3.63) is 41.8 Å². The number of nitrogens with zero attached hydrogens (tertiary/aromatic N) is 2. The SMILES string of the molecule is CN(Cc1cc(F)cc2cccnc12)C1CCCNCC1. The number of rotatable bonds is 3. The van der Waals surface area contributed by atoms with Crippen LogP contribution in [0.2, 0.25) is 0 Å². The molecule has 1 aliphatic heterocycles. The molecule has 4 heteroatoms. The van der Waals surface area contributed by atoms with E-state index in [1.807, 2.05) is 12.1 Å². The lowest BCUT2D eigenvalue weighted by Crippen LogP contribution is -2.32. The first-order valence-corrected chi connectivity index (χ1v) is 7.68. The molecular weight excluding hydrogens is 265 g/mol. The lowest BCUT2D eigenvalue weighted by Gasteiger charge is -2.27. The third kappa shape index (κ3) is 3.39. The maximum absolute atomic E-state index is 13.8. The molecule has 0 spiro atoms. The summed E-state index contributed by atoms with van der Waals surface area (Å²) >= 11 is 0. The number of hydrogen-bond acceptors (Lipinski definition) is 3. The Balaban J connectivity index is 1.83. The van der Waals surface area contributed by atoms with Crippen LogP contribution in [0.5, 0.6) is 0 Å². The van der Waals surface area contributed by atoms with Gasteiger partial charge in [0.25, 0.3) is 0 Å². The standard InChI is InChI=1S/C17H22FN3/c1-21(16-5-3-7-19-9-6-16)12-14-11-15(18)10-13-4-2-8-20-17(13)14/h2,4,8,10-11,16,19H,3,5-7,9,12H2,1H3. The Morgan fingerprint density at radius 1 is 1.33 bits per heavy atom. The average Bonchev–Trinajstić information content (AvgIpc) is 2.76. The highest BCUT2D eigenvalue weighted by atomic mass is 19.1. The van der Waals surface area contributed by atoms with Gasteiger partial charge < -0.3 is 5.32 Å². The minimum atomic E-state index is -0.179. The lowest BCUT2D eigenvalue weighted by molar-refractivity contribution is 0.217. The zero-order valence-electron chi connectivity index (χ0n) is 12.5. The van der Waals surface area contributed by atoms with Gasteiger partial charge in [0, 0.05) is 24.2 Å². The molecule has 0 radical (unpaired) electrons. The molecule has 1 N–H and O–H groups in total. The van der Waals surface area contributed by atoms with E-state index in [2.05, 4.69) is 22.2 Å². The van der Waals surface area contributed by atoms with Crippen LogP contribution in [0, 0.1) is 5.82 Å². The van der Waals surface area contributed by atoms with Crippen molar-refractivity contribution in [2.24, 2.45) is 0 Å². The van der Waals surface area contributed by atoms with Crippen molar-refractivity contribution in [2.75, 3.05) is 20.1 Å². The molecule has 1 fully saturated rings. The molecule has 112 valence electrons. The lowest BCUT2D eigenvalue weighted by atomic mass is 10.1. The summed E-state index contributed by atoms with van der Waals surface area (Å²) in [6.07, 6.45) is 5.33. The van der Waals surface area contributed by atoms with Crippen LogP contribution >= 0.6 is 0 Å². The number of halogens is 1. The molecule has 3 nitrogen and oxygen atoms in total. The maximum atomic E-state index is 13.8. The van der Waals surface area contributed by atoms with E-state index in [0.717, 1.165) is 42.5 Å². The second-order valence-electron chi connectivity index (χ2n) is 5.89. The van der Waals surface area contributed by atoms with Gasteiger partial charge >= 0.3 is 0 Å². The van der Waals surface area contributed by atoms with Crippen LogP contribution in [0.25, 0.3) is 10.9 Å². The quantitative estimate of drug-likeness (QED) is 0.941. The minimum absolute atomic E-state index is 0.179. The highest BCUT2D eigenvalue weighted by Gasteiger charge is 2.18. The van der Waals surface area contributed by atoms with Gasteiger partial charge in [-0.05, 0) is 63.2 Å². The van der Waals surface area contributed by atoms with Gasteiger partial charge in [-0.2, -0.15) is 0 Å². The Bertz CT molecular complexity index is 606. The molecule has 1 atom stereocenters. The van der Waals surface area contributed by atoms with Gasteiger partial charge in [-0.3, -0.25) is 9.88 Å². The van der Waals surface area contributed by atoms with Crippen LogP contribution < -0.4 is 5.32 Å². The maximum Gasteiger partial charge on any atom is 0.124 e. The highest BCUT2D eigenvalue weighted by Crippen LogP contribution is 2.22. The molecule has 3 rings (SSSR count). The zero-order chi connectivity index (χ0) is 14.7. The van der Waals surface area contributed by atoms with Crippen molar-refractivity contribution in [1.82, 2.24) is 15.2 Å². The number of pyridine rings is 1. The molecule has 2 heterocycles. The Kier molecular flexibility index (Phi) is 4.46. The van der Waals surface area contributed by atoms with Crippen LogP contribution in [0.3, 0.4) is 0 Å². The number of fused-ring (bicyclic) bond motifs is 1. The van der Waals surface area contributed by atoms with Crippen molar-refractivity contribution in [1.29, 1.82) is 0 Å². The van der Waals surface area contributed by atoms with Gasteiger partial charge in [0.15, 0.2) is 0 Å². The summed E-state index contributed by atoms with van der Waals surface area (Å²) in [5, 5.41) is 4.31. The number of hydrogen-bond donors (Lipinski definition) is 1. The van der Waals surface area contributed by atoms with Crippen molar-refractivity contribution in [2.45, 2.75) is 31.8 Å². The third-order valence-corrected chi connectivity index (χ3v) is 4.34. The predicted octanol–water partition coefficient (Wildman–Crippen LogP) is 2.95. The highest BCUT2D eigenvalue weighted by molar-refractivity contribution is 5.81. The van der Waals surface area contributed by atoms with Crippen molar-refractivity contribution < 1.29 is 4.39 Å². The van der Waals surface area contributed by atoms with Gasteiger partial charge in [-0.1, -0.05) is 6.07 Å². The summed E-state index contributed by atoms with van der Waals surface area (Å²) in [5.74, 6) is -0.179. The van der Waals surface area contributed by atoms with E-state index in [0.29, 0.717) is 6.04 Å². The van der Waals surface area contributed by atoms with Crippen LogP contribution in [-0.2, 0) is 6.54 Å². The van der Waals surface area contributed by atoms with Crippen LogP contribution in [-0.4, -0.2) is 36.1 Å². The van der Waals surface area contributed by atoms with E-state index < -0.39 is 0 Å². The van der Waals surface area contributed by atoms with Crippen molar-refractivity contribution >= 4 is 10.9 Å². The first kappa shape index (κ1) is 14.4. The van der Waals surface area contributed by atoms with Gasteiger partial charge in [0.1, 0.15) is 5.82 Å². The molecule has 1 saturated heterocycles. The van der Waals surface area contributed by atoms with Gasteiger partial charge in [-0.15, -0.1) is 0 Å². The fourth-order valence-corrected chi connectivity index (χ4v) is 3.19. The average molecular weight is 287 g/mol. The van der Waals surface area contributed by atoms with Crippen molar-refractivity contribution in [3.8, 4) is 0 Å². The number of benzene rings is 1. The summed E-state index contributed by atoms with van der Waals surface area (Å²) in [4.78, 5) is 6.78. The first-order valence-electron chi connectivity index (χ1n) is 7.68. The van der Waals surface area contributed by atoms with E-state index in [1.165, 1.54) is 12.8 Å². The smallest absolute Gasteiger partial charge is 0.124 e. The van der Waals surface area contributed by atoms with Crippen LogP contribution in [0.4, 0.5) is 4.39 Å². The van der Waals surface area contributed by atoms with Gasteiger partial charge in [-0.25, -0.2) is 4.39 Å². The Hall–Kier alpha value is -1.52. The topological polar surface area (TPSA) is 28.2 Å². The summed E-state index contributed by atoms with van der Waals surface area (Å²) in [6, 6.07) is 7.51. The molecule has 0 saturated carbocycles. The largest absolute Gasteiger partial charge is 0.317 e. The molecule has 21 heavy (non-hydrogen) atoms. The first-order chi connectivity index (χ1) is 10.2. The molecule has 1 aromatic heterocycles. The fraction of sp³-hybridized carbons (Fsp3) is 0.471. The molecule has 0 aliphatic carbocycles. The van der Waals surface area contributed by atoms with Crippen molar-refractivity contribution in [3.63, 3.8) is 0 Å². The van der Waals surface area contributed by atoms with Crippen LogP contribution in [0.15, 0.2) is 30.5 Å². The number of nitrogens with one attached hydrogen (secondary N) is 1. The molecule has 0 amide bonds. The van der Waals surface area contributed by atoms with E-state index in [9.17, 15) is 4.39 Å². The monoisotopic (exact) mass is 287 g/mol. The molecule has 1 aromatic carbocycles. The summed E-state index contributed by atoms with van der Waals surface area (Å²) in [6.45, 7) is 2.92. The van der Waals surface area contributed by atoms with E-state index in [4.69, 9.17) is 0 Å². The fourth-order valence-electron chi connectivity index (χ4n) is 3.19. The van der Waals surface area contributed by atoms with Crippen LogP contribution in [0.1, 0.15) is 24.8 Å². The Morgan fingerprint density at radius 2 is 2.24 bits per heavy atom. The van der Waals surface area contributed by atoms with E-state index in [-0.39, 0.29) is 5.82 Å². The third-order valence-electron chi connectivity index (χ3n) is 4.34. The Morgan fingerprint density at radius 3 is 3.14 bits per heavy atom. The summed E-state index contributed by atoms with van der Waals surface area (Å²) in [7, 11) is 2.13. The predicted molar refractivity (Wildman–Crippen MR) is 83.7 cm³/mol. The molecule has 2 aromatic rings. The minimum Gasteiger partial charge on any atom is -0.317 e. The number of aromatic nitrogens is 1. The van der Waals surface area contributed by atoms with E-state index in [1.54, 1.807) is 18.3 Å². The summed E-state index contributed by atoms with van der Waals surface area (Å²) in [5.41, 5.74) is 1.89. The van der Waals surface area contributed by atoms with E-state index >= 15 is 0 Å². The molecule has 1 aliphatic rings. The second-order valence-corrected chi connectivity index (χ2v) is 5.89.